The van der Waals surface area contributed by atoms with Crippen molar-refractivity contribution in [2.75, 3.05) is 11.9 Å². The Morgan fingerprint density at radius 1 is 0.895 bits per heavy atom. The first kappa shape index (κ1) is 13.2. The lowest BCUT2D eigenvalue weighted by molar-refractivity contribution is 1.17. The summed E-state index contributed by atoms with van der Waals surface area (Å²) in [5.41, 5.74) is 6.36. The van der Waals surface area contributed by atoms with Crippen LogP contribution < -0.4 is 4.90 Å². The van der Waals surface area contributed by atoms with Crippen molar-refractivity contribution in [3.05, 3.63) is 58.7 Å². The summed E-state index contributed by atoms with van der Waals surface area (Å²) in [6, 6.07) is 14.6. The highest BCUT2D eigenvalue weighted by atomic mass is 15.1. The van der Waals surface area contributed by atoms with Gasteiger partial charge in [-0.1, -0.05) is 23.8 Å². The summed E-state index contributed by atoms with van der Waals surface area (Å²) in [4.78, 5) is 2.08. The molecule has 2 aromatic rings. The molecule has 0 amide bonds. The van der Waals surface area contributed by atoms with E-state index < -0.39 is 0 Å². The van der Waals surface area contributed by atoms with E-state index >= 15 is 0 Å². The van der Waals surface area contributed by atoms with Crippen molar-refractivity contribution >= 4 is 11.4 Å². The standard InChI is InChI=1S/C17H18N2/c1-12-5-7-16(14(3)9-12)19(4)17-8-6-13(2)10-15(17)11-18/h5-10H,1-4H3. The minimum absolute atomic E-state index is 0.711. The largest absolute Gasteiger partial charge is 0.343 e. The maximum absolute atomic E-state index is 9.28. The molecule has 2 nitrogen and oxygen atoms in total. The Morgan fingerprint density at radius 2 is 1.47 bits per heavy atom. The molecule has 19 heavy (non-hydrogen) atoms. The third kappa shape index (κ3) is 2.61. The van der Waals surface area contributed by atoms with E-state index in [1.165, 1.54) is 11.1 Å². The van der Waals surface area contributed by atoms with E-state index in [1.807, 2.05) is 32.2 Å². The molecule has 0 unspecified atom stereocenters. The van der Waals surface area contributed by atoms with Crippen LogP contribution in [-0.2, 0) is 0 Å². The first-order chi connectivity index (χ1) is 9.02. The van der Waals surface area contributed by atoms with Gasteiger partial charge in [-0.15, -0.1) is 0 Å². The molecule has 0 saturated heterocycles. The summed E-state index contributed by atoms with van der Waals surface area (Å²) in [5.74, 6) is 0. The summed E-state index contributed by atoms with van der Waals surface area (Å²) < 4.78 is 0. The van der Waals surface area contributed by atoms with Crippen molar-refractivity contribution < 1.29 is 0 Å². The Labute approximate surface area is 114 Å². The monoisotopic (exact) mass is 250 g/mol. The maximum atomic E-state index is 9.28. The molecule has 0 saturated carbocycles. The average molecular weight is 250 g/mol. The van der Waals surface area contributed by atoms with Gasteiger partial charge >= 0.3 is 0 Å². The second-order valence-electron chi connectivity index (χ2n) is 4.98. The van der Waals surface area contributed by atoms with Gasteiger partial charge in [0, 0.05) is 12.7 Å². The first-order valence-electron chi connectivity index (χ1n) is 6.34. The Balaban J connectivity index is 2.50. The van der Waals surface area contributed by atoms with Gasteiger partial charge in [-0.2, -0.15) is 5.26 Å². The number of nitrogens with zero attached hydrogens (tertiary/aromatic N) is 2. The fraction of sp³-hybridized carbons (Fsp3) is 0.235. The smallest absolute Gasteiger partial charge is 0.101 e. The lowest BCUT2D eigenvalue weighted by Crippen LogP contribution is -2.12. The average Bonchev–Trinajstić information content (AvgIpc) is 2.37. The van der Waals surface area contributed by atoms with Gasteiger partial charge in [-0.25, -0.2) is 0 Å². The number of anilines is 2. The molecule has 0 aromatic heterocycles. The minimum atomic E-state index is 0.711. The molecular weight excluding hydrogens is 232 g/mol. The molecule has 0 N–H and O–H groups in total. The molecule has 0 aliphatic carbocycles. The van der Waals surface area contributed by atoms with Gasteiger partial charge in [-0.3, -0.25) is 0 Å². The van der Waals surface area contributed by atoms with E-state index in [9.17, 15) is 5.26 Å². The highest BCUT2D eigenvalue weighted by molar-refractivity contribution is 5.71. The summed E-state index contributed by atoms with van der Waals surface area (Å²) >= 11 is 0. The molecule has 2 heteroatoms. The Morgan fingerprint density at radius 3 is 2.05 bits per heavy atom. The van der Waals surface area contributed by atoms with E-state index in [4.69, 9.17) is 0 Å². The van der Waals surface area contributed by atoms with Crippen LogP contribution in [0.15, 0.2) is 36.4 Å². The number of nitriles is 1. The van der Waals surface area contributed by atoms with E-state index in [0.717, 1.165) is 16.9 Å². The predicted octanol–water partition coefficient (Wildman–Crippen LogP) is 4.25. The molecule has 0 aliphatic heterocycles. The second-order valence-corrected chi connectivity index (χ2v) is 4.98. The fourth-order valence-electron chi connectivity index (χ4n) is 2.34. The highest BCUT2D eigenvalue weighted by Crippen LogP contribution is 2.30. The lowest BCUT2D eigenvalue weighted by atomic mass is 10.1. The number of rotatable bonds is 2. The van der Waals surface area contributed by atoms with Crippen LogP contribution in [0.1, 0.15) is 22.3 Å². The van der Waals surface area contributed by atoms with Crippen molar-refractivity contribution in [1.29, 1.82) is 5.26 Å². The summed E-state index contributed by atoms with van der Waals surface area (Å²) in [5, 5.41) is 9.28. The molecule has 0 spiro atoms. The van der Waals surface area contributed by atoms with E-state index in [2.05, 4.69) is 43.0 Å². The van der Waals surface area contributed by atoms with Crippen LogP contribution in [0.4, 0.5) is 11.4 Å². The predicted molar refractivity (Wildman–Crippen MR) is 79.9 cm³/mol. The Bertz CT molecular complexity index is 651. The zero-order valence-electron chi connectivity index (χ0n) is 11.9. The van der Waals surface area contributed by atoms with Crippen molar-refractivity contribution in [2.45, 2.75) is 20.8 Å². The van der Waals surface area contributed by atoms with Crippen LogP contribution in [0.2, 0.25) is 0 Å². The zero-order chi connectivity index (χ0) is 14.0. The topological polar surface area (TPSA) is 27.0 Å². The normalized spacial score (nSPS) is 10.1. The molecule has 0 fully saturated rings. The third-order valence-electron chi connectivity index (χ3n) is 3.35. The van der Waals surface area contributed by atoms with Gasteiger partial charge in [0.05, 0.1) is 11.3 Å². The number of hydrogen-bond donors (Lipinski definition) is 0. The Kier molecular flexibility index (Phi) is 3.57. The molecule has 0 radical (unpaired) electrons. The Hall–Kier alpha value is -2.27. The quantitative estimate of drug-likeness (QED) is 0.796. The summed E-state index contributed by atoms with van der Waals surface area (Å²) in [7, 11) is 2.00. The SMILES string of the molecule is Cc1ccc(N(C)c2ccc(C)cc2C#N)c(C)c1. The van der Waals surface area contributed by atoms with Crippen LogP contribution in [0.3, 0.4) is 0 Å². The van der Waals surface area contributed by atoms with E-state index in [0.29, 0.717) is 5.56 Å². The fourth-order valence-corrected chi connectivity index (χ4v) is 2.34. The van der Waals surface area contributed by atoms with Crippen LogP contribution in [0, 0.1) is 32.1 Å². The van der Waals surface area contributed by atoms with Crippen molar-refractivity contribution in [3.63, 3.8) is 0 Å². The van der Waals surface area contributed by atoms with Crippen molar-refractivity contribution in [3.8, 4) is 6.07 Å². The molecule has 0 heterocycles. The molecule has 96 valence electrons. The highest BCUT2D eigenvalue weighted by Gasteiger charge is 2.11. The van der Waals surface area contributed by atoms with Crippen LogP contribution >= 0.6 is 0 Å². The van der Waals surface area contributed by atoms with Gasteiger partial charge in [0.1, 0.15) is 6.07 Å². The van der Waals surface area contributed by atoms with Crippen molar-refractivity contribution in [1.82, 2.24) is 0 Å². The van der Waals surface area contributed by atoms with Gasteiger partial charge in [0.15, 0.2) is 0 Å². The van der Waals surface area contributed by atoms with Crippen LogP contribution in [0.25, 0.3) is 0 Å². The maximum Gasteiger partial charge on any atom is 0.101 e. The minimum Gasteiger partial charge on any atom is -0.343 e. The molecule has 2 aromatic carbocycles. The van der Waals surface area contributed by atoms with E-state index in [-0.39, 0.29) is 0 Å². The van der Waals surface area contributed by atoms with Gasteiger partial charge in [-0.05, 0) is 50.1 Å². The van der Waals surface area contributed by atoms with Crippen LogP contribution in [0.5, 0.6) is 0 Å². The number of benzene rings is 2. The summed E-state index contributed by atoms with van der Waals surface area (Å²) in [6.07, 6.45) is 0. The number of aryl methyl sites for hydroxylation is 3. The van der Waals surface area contributed by atoms with E-state index in [1.54, 1.807) is 0 Å². The molecular formula is C17H18N2. The van der Waals surface area contributed by atoms with Gasteiger partial charge in [0.25, 0.3) is 0 Å². The van der Waals surface area contributed by atoms with Gasteiger partial charge in [0.2, 0.25) is 0 Å². The molecule has 0 atom stereocenters. The zero-order valence-corrected chi connectivity index (χ0v) is 11.9. The number of hydrogen-bond acceptors (Lipinski definition) is 2. The first-order valence-corrected chi connectivity index (χ1v) is 6.34. The molecule has 0 aliphatic rings. The summed E-state index contributed by atoms with van der Waals surface area (Å²) in [6.45, 7) is 6.18. The van der Waals surface area contributed by atoms with Gasteiger partial charge < -0.3 is 4.90 Å². The molecule has 2 rings (SSSR count). The second kappa shape index (κ2) is 5.16. The van der Waals surface area contributed by atoms with Crippen LogP contribution in [-0.4, -0.2) is 7.05 Å². The van der Waals surface area contributed by atoms with Crippen molar-refractivity contribution in [2.24, 2.45) is 0 Å². The molecule has 0 bridgehead atoms. The third-order valence-corrected chi connectivity index (χ3v) is 3.35. The lowest BCUT2D eigenvalue weighted by Gasteiger charge is -2.23.